The van der Waals surface area contributed by atoms with Crippen LogP contribution in [0.1, 0.15) is 0 Å². The zero-order chi connectivity index (χ0) is 14.4. The molecule has 1 aliphatic rings. The third-order valence-corrected chi connectivity index (χ3v) is 3.65. The van der Waals surface area contributed by atoms with Crippen molar-refractivity contribution in [2.75, 3.05) is 6.79 Å². The van der Waals surface area contributed by atoms with E-state index in [0.717, 1.165) is 0 Å². The maximum absolute atomic E-state index is 12.1. The van der Waals surface area contributed by atoms with Gasteiger partial charge in [0.15, 0.2) is 11.5 Å². The molecule has 1 aromatic heterocycles. The molecule has 0 unspecified atom stereocenters. The number of halogens is 1. The van der Waals surface area contributed by atoms with Gasteiger partial charge in [-0.3, -0.25) is 0 Å². The van der Waals surface area contributed by atoms with Crippen molar-refractivity contribution in [3.8, 4) is 22.8 Å². The van der Waals surface area contributed by atoms with Crippen molar-refractivity contribution in [2.45, 2.75) is 0 Å². The summed E-state index contributed by atoms with van der Waals surface area (Å²) in [6, 6.07) is 13.3. The van der Waals surface area contributed by atoms with Crippen molar-refractivity contribution in [3.05, 3.63) is 57.9 Å². The van der Waals surface area contributed by atoms with Gasteiger partial charge in [0.25, 0.3) is 0 Å². The van der Waals surface area contributed by atoms with Gasteiger partial charge >= 0.3 is 5.63 Å². The summed E-state index contributed by atoms with van der Waals surface area (Å²) in [5.74, 6) is 1.62. The second kappa shape index (κ2) is 4.53. The van der Waals surface area contributed by atoms with E-state index >= 15 is 0 Å². The predicted octanol–water partition coefficient (Wildman–Crippen LogP) is 3.64. The van der Waals surface area contributed by atoms with E-state index in [1.165, 1.54) is 0 Å². The lowest BCUT2D eigenvalue weighted by atomic mass is 10.1. The van der Waals surface area contributed by atoms with Crippen molar-refractivity contribution in [1.29, 1.82) is 0 Å². The molecule has 0 saturated heterocycles. The number of hydrogen-bond donors (Lipinski definition) is 0. The number of rotatable bonds is 1. The number of ether oxygens (including phenoxy) is 2. The van der Waals surface area contributed by atoms with Crippen LogP contribution in [-0.4, -0.2) is 6.79 Å². The van der Waals surface area contributed by atoms with Crippen molar-refractivity contribution < 1.29 is 13.9 Å². The standard InChI is InChI=1S/C16H8ClO4/c17-12-3-1-2-10-11(12)7-14(21-16(10)18)9-4-5-13-15(6-9)20-8-19-13/h1-3,5-7H,8H2. The van der Waals surface area contributed by atoms with Gasteiger partial charge in [-0.1, -0.05) is 17.7 Å². The van der Waals surface area contributed by atoms with Crippen LogP contribution in [0.3, 0.4) is 0 Å². The second-order valence-corrected chi connectivity index (χ2v) is 4.99. The van der Waals surface area contributed by atoms with Crippen LogP contribution in [0.15, 0.2) is 45.6 Å². The van der Waals surface area contributed by atoms with E-state index in [9.17, 15) is 4.79 Å². The molecule has 21 heavy (non-hydrogen) atoms. The van der Waals surface area contributed by atoms with Gasteiger partial charge in [-0.15, -0.1) is 0 Å². The van der Waals surface area contributed by atoms with Gasteiger partial charge in [-0.05, 0) is 36.4 Å². The minimum Gasteiger partial charge on any atom is -0.454 e. The Morgan fingerprint density at radius 3 is 2.86 bits per heavy atom. The highest BCUT2D eigenvalue weighted by molar-refractivity contribution is 6.35. The van der Waals surface area contributed by atoms with Crippen molar-refractivity contribution in [1.82, 2.24) is 0 Å². The third-order valence-electron chi connectivity index (χ3n) is 3.32. The fourth-order valence-electron chi connectivity index (χ4n) is 2.29. The molecule has 0 amide bonds. The molecule has 0 aliphatic carbocycles. The van der Waals surface area contributed by atoms with Gasteiger partial charge in [0.2, 0.25) is 6.79 Å². The van der Waals surface area contributed by atoms with E-state index < -0.39 is 5.63 Å². The normalized spacial score (nSPS) is 12.8. The Bertz CT molecular complexity index is 914. The summed E-state index contributed by atoms with van der Waals surface area (Å²) in [7, 11) is 0. The van der Waals surface area contributed by atoms with Gasteiger partial charge in [-0.2, -0.15) is 0 Å². The Balaban J connectivity index is 1.95. The summed E-state index contributed by atoms with van der Waals surface area (Å²) in [4.78, 5) is 12.1. The van der Waals surface area contributed by atoms with Crippen LogP contribution in [0.4, 0.5) is 0 Å². The Morgan fingerprint density at radius 1 is 1.10 bits per heavy atom. The molecule has 3 aromatic rings. The third kappa shape index (κ3) is 1.96. The zero-order valence-corrected chi connectivity index (χ0v) is 11.4. The molecule has 2 aromatic carbocycles. The molecule has 4 rings (SSSR count). The lowest BCUT2D eigenvalue weighted by Crippen LogP contribution is -2.00. The van der Waals surface area contributed by atoms with E-state index in [1.54, 1.807) is 36.4 Å². The largest absolute Gasteiger partial charge is 0.454 e. The van der Waals surface area contributed by atoms with Crippen LogP contribution >= 0.6 is 11.6 Å². The lowest BCUT2D eigenvalue weighted by Gasteiger charge is -2.04. The van der Waals surface area contributed by atoms with Crippen LogP contribution in [0.2, 0.25) is 5.02 Å². The van der Waals surface area contributed by atoms with E-state index in [4.69, 9.17) is 25.5 Å². The van der Waals surface area contributed by atoms with Gasteiger partial charge in [0.05, 0.1) is 5.39 Å². The van der Waals surface area contributed by atoms with Crippen LogP contribution in [0.25, 0.3) is 22.1 Å². The highest BCUT2D eigenvalue weighted by Gasteiger charge is 2.16. The SMILES string of the molecule is O=c1oc(-c2[c]cc3c(c2)OCO3)cc2c(Cl)cccc12. The van der Waals surface area contributed by atoms with Crippen molar-refractivity contribution >= 4 is 22.4 Å². The minimum atomic E-state index is -0.434. The molecule has 2 heterocycles. The first-order valence-corrected chi connectivity index (χ1v) is 6.64. The first kappa shape index (κ1) is 12.3. The molecule has 0 atom stereocenters. The summed E-state index contributed by atoms with van der Waals surface area (Å²) < 4.78 is 15.9. The summed E-state index contributed by atoms with van der Waals surface area (Å²) in [6.07, 6.45) is 0. The van der Waals surface area contributed by atoms with Gasteiger partial charge in [0.1, 0.15) is 5.76 Å². The van der Waals surface area contributed by atoms with Gasteiger partial charge in [-0.25, -0.2) is 4.79 Å². The topological polar surface area (TPSA) is 48.7 Å². The minimum absolute atomic E-state index is 0.181. The molecule has 0 bridgehead atoms. The summed E-state index contributed by atoms with van der Waals surface area (Å²) in [6.45, 7) is 0.181. The van der Waals surface area contributed by atoms with Crippen LogP contribution in [0, 0.1) is 6.07 Å². The average molecular weight is 300 g/mol. The van der Waals surface area contributed by atoms with Crippen LogP contribution in [-0.2, 0) is 0 Å². The monoisotopic (exact) mass is 299 g/mol. The summed E-state index contributed by atoms with van der Waals surface area (Å²) >= 11 is 6.15. The molecule has 0 saturated carbocycles. The van der Waals surface area contributed by atoms with E-state index in [1.807, 2.05) is 0 Å². The number of benzene rings is 2. The molecule has 4 nitrogen and oxygen atoms in total. The Hall–Kier alpha value is -2.46. The quantitative estimate of drug-likeness (QED) is 0.688. The number of hydrogen-bond acceptors (Lipinski definition) is 4. The predicted molar refractivity (Wildman–Crippen MR) is 77.9 cm³/mol. The number of fused-ring (bicyclic) bond motifs is 2. The lowest BCUT2D eigenvalue weighted by molar-refractivity contribution is 0.174. The summed E-state index contributed by atoms with van der Waals surface area (Å²) in [5.41, 5.74) is 0.175. The zero-order valence-electron chi connectivity index (χ0n) is 10.7. The molecular formula is C16H8ClO4. The molecule has 0 N–H and O–H groups in total. The van der Waals surface area contributed by atoms with E-state index in [0.29, 0.717) is 38.6 Å². The van der Waals surface area contributed by atoms with Crippen molar-refractivity contribution in [2.24, 2.45) is 0 Å². The summed E-state index contributed by atoms with van der Waals surface area (Å²) in [5, 5.41) is 1.60. The highest BCUT2D eigenvalue weighted by atomic mass is 35.5. The van der Waals surface area contributed by atoms with Gasteiger partial charge in [0, 0.05) is 16.0 Å². The molecular weight excluding hydrogens is 292 g/mol. The van der Waals surface area contributed by atoms with Crippen molar-refractivity contribution in [3.63, 3.8) is 0 Å². The first-order valence-electron chi connectivity index (χ1n) is 6.26. The molecule has 1 radical (unpaired) electrons. The maximum Gasteiger partial charge on any atom is 0.344 e. The molecule has 5 heteroatoms. The Morgan fingerprint density at radius 2 is 1.95 bits per heavy atom. The fourth-order valence-corrected chi connectivity index (χ4v) is 2.52. The molecule has 0 fully saturated rings. The maximum atomic E-state index is 12.1. The second-order valence-electron chi connectivity index (χ2n) is 4.58. The highest BCUT2D eigenvalue weighted by Crippen LogP contribution is 2.36. The smallest absolute Gasteiger partial charge is 0.344 e. The first-order chi connectivity index (χ1) is 10.2. The van der Waals surface area contributed by atoms with E-state index in [2.05, 4.69) is 6.07 Å². The average Bonchev–Trinajstić information content (AvgIpc) is 2.95. The van der Waals surface area contributed by atoms with E-state index in [-0.39, 0.29) is 6.79 Å². The Labute approximate surface area is 124 Å². The fraction of sp³-hybridized carbons (Fsp3) is 0.0625. The van der Waals surface area contributed by atoms with Crippen LogP contribution < -0.4 is 15.1 Å². The molecule has 1 aliphatic heterocycles. The Kier molecular flexibility index (Phi) is 2.65. The molecule has 0 spiro atoms. The van der Waals surface area contributed by atoms with Crippen LogP contribution in [0.5, 0.6) is 11.5 Å². The van der Waals surface area contributed by atoms with Gasteiger partial charge < -0.3 is 13.9 Å². The molecule has 103 valence electrons.